The van der Waals surface area contributed by atoms with E-state index in [1.54, 1.807) is 0 Å². The Morgan fingerprint density at radius 3 is 2.41 bits per heavy atom. The maximum absolute atomic E-state index is 12.1. The van der Waals surface area contributed by atoms with Crippen LogP contribution in [0.2, 0.25) is 5.02 Å². The molecule has 0 saturated heterocycles. The Bertz CT molecular complexity index is 858. The van der Waals surface area contributed by atoms with Crippen molar-refractivity contribution in [1.29, 1.82) is 0 Å². The first-order chi connectivity index (χ1) is 15.4. The van der Waals surface area contributed by atoms with Gasteiger partial charge in [0.15, 0.2) is 0 Å². The maximum atomic E-state index is 12.1. The second-order valence-electron chi connectivity index (χ2n) is 7.83. The summed E-state index contributed by atoms with van der Waals surface area (Å²) in [6.07, 6.45) is 1.91. The van der Waals surface area contributed by atoms with Crippen LogP contribution in [0.25, 0.3) is 0 Å². The summed E-state index contributed by atoms with van der Waals surface area (Å²) in [6.45, 7) is 6.81. The highest BCUT2D eigenvalue weighted by Gasteiger charge is 2.16. The van der Waals surface area contributed by atoms with Crippen LogP contribution < -0.4 is 10.6 Å². The molecule has 32 heavy (non-hydrogen) atoms. The fraction of sp³-hybridized carbons (Fsp3) is 0.440. The molecular formula is C25H34ClN3O3. The number of ether oxygens (including phenoxy) is 1. The van der Waals surface area contributed by atoms with E-state index < -0.39 is 0 Å². The van der Waals surface area contributed by atoms with Crippen molar-refractivity contribution in [2.45, 2.75) is 45.7 Å². The largest absolute Gasteiger partial charge is 0.469 e. The number of carbonyl (C=O) groups excluding carboxylic acids is 2. The van der Waals surface area contributed by atoms with Crippen molar-refractivity contribution in [2.24, 2.45) is 0 Å². The Morgan fingerprint density at radius 1 is 1.03 bits per heavy atom. The first kappa shape index (κ1) is 25.7. The molecule has 0 heterocycles. The third-order valence-corrected chi connectivity index (χ3v) is 5.81. The summed E-state index contributed by atoms with van der Waals surface area (Å²) in [5.41, 5.74) is 3.43. The number of esters is 1. The van der Waals surface area contributed by atoms with Crippen LogP contribution in [0.5, 0.6) is 0 Å². The summed E-state index contributed by atoms with van der Waals surface area (Å²) in [6, 6.07) is 15.8. The Morgan fingerprint density at radius 2 is 1.72 bits per heavy atom. The number of hydrogen-bond acceptors (Lipinski definition) is 4. The van der Waals surface area contributed by atoms with Crippen molar-refractivity contribution in [3.63, 3.8) is 0 Å². The van der Waals surface area contributed by atoms with Crippen molar-refractivity contribution in [2.75, 3.05) is 26.7 Å². The first-order valence-corrected chi connectivity index (χ1v) is 11.4. The van der Waals surface area contributed by atoms with Crippen LogP contribution in [0.15, 0.2) is 48.5 Å². The molecule has 1 atom stereocenters. The van der Waals surface area contributed by atoms with Gasteiger partial charge in [0.1, 0.15) is 0 Å². The maximum Gasteiger partial charge on any atom is 0.315 e. The number of carbonyl (C=O) groups is 2. The smallest absolute Gasteiger partial charge is 0.315 e. The Kier molecular flexibility index (Phi) is 11.0. The van der Waals surface area contributed by atoms with Gasteiger partial charge in [-0.05, 0) is 62.1 Å². The lowest BCUT2D eigenvalue weighted by molar-refractivity contribution is -0.140. The number of nitrogens with zero attached hydrogens (tertiary/aromatic N) is 1. The van der Waals surface area contributed by atoms with E-state index >= 15 is 0 Å². The number of methoxy groups -OCH3 is 1. The Balaban J connectivity index is 1.81. The van der Waals surface area contributed by atoms with E-state index in [1.807, 2.05) is 55.5 Å². The normalized spacial score (nSPS) is 11.8. The van der Waals surface area contributed by atoms with Crippen LogP contribution in [0.4, 0.5) is 4.79 Å². The Labute approximate surface area is 196 Å². The first-order valence-electron chi connectivity index (χ1n) is 11.0. The van der Waals surface area contributed by atoms with Gasteiger partial charge in [0, 0.05) is 37.1 Å². The summed E-state index contributed by atoms with van der Waals surface area (Å²) in [5.74, 6) is -0.198. The number of urea groups is 1. The van der Waals surface area contributed by atoms with Gasteiger partial charge < -0.3 is 15.4 Å². The van der Waals surface area contributed by atoms with Gasteiger partial charge in [-0.2, -0.15) is 0 Å². The zero-order chi connectivity index (χ0) is 23.3. The highest BCUT2D eigenvalue weighted by Crippen LogP contribution is 2.22. The van der Waals surface area contributed by atoms with E-state index in [-0.39, 0.29) is 18.0 Å². The lowest BCUT2D eigenvalue weighted by Crippen LogP contribution is -2.37. The number of rotatable bonds is 12. The molecule has 0 aliphatic heterocycles. The molecule has 1 unspecified atom stereocenters. The summed E-state index contributed by atoms with van der Waals surface area (Å²) < 4.78 is 4.75. The average Bonchev–Trinajstić information content (AvgIpc) is 2.80. The molecule has 0 bridgehead atoms. The van der Waals surface area contributed by atoms with Crippen molar-refractivity contribution < 1.29 is 14.3 Å². The number of aryl methyl sites for hydroxylation is 1. The zero-order valence-electron chi connectivity index (χ0n) is 19.2. The van der Waals surface area contributed by atoms with Crippen LogP contribution in [-0.4, -0.2) is 43.6 Å². The fourth-order valence-corrected chi connectivity index (χ4v) is 3.64. The van der Waals surface area contributed by atoms with Gasteiger partial charge in [-0.1, -0.05) is 48.0 Å². The molecule has 2 rings (SSSR count). The van der Waals surface area contributed by atoms with Gasteiger partial charge in [0.05, 0.1) is 7.11 Å². The highest BCUT2D eigenvalue weighted by molar-refractivity contribution is 6.30. The third kappa shape index (κ3) is 8.89. The SMILES string of the molecule is COC(=O)CCCN(CCCNC(=O)NCc1ccccc1C)C(C)c1ccc(Cl)cc1. The second-order valence-corrected chi connectivity index (χ2v) is 8.27. The standard InChI is InChI=1S/C25H34ClN3O3/c1-19-8-4-5-9-22(19)18-28-25(31)27-15-7-17-29(16-6-10-24(30)32-3)20(2)21-11-13-23(26)14-12-21/h4-5,8-9,11-14,20H,6-7,10,15-18H2,1-3H3,(H2,27,28,31). The number of hydrogen-bond donors (Lipinski definition) is 2. The summed E-state index contributed by atoms with van der Waals surface area (Å²) in [7, 11) is 1.41. The molecule has 174 valence electrons. The number of halogens is 1. The van der Waals surface area contributed by atoms with Crippen molar-refractivity contribution >= 4 is 23.6 Å². The van der Waals surface area contributed by atoms with Crippen LogP contribution in [0.3, 0.4) is 0 Å². The van der Waals surface area contributed by atoms with Crippen LogP contribution in [0, 0.1) is 6.92 Å². The molecule has 6 nitrogen and oxygen atoms in total. The predicted molar refractivity (Wildman–Crippen MR) is 129 cm³/mol. The fourth-order valence-electron chi connectivity index (χ4n) is 3.51. The van der Waals surface area contributed by atoms with Gasteiger partial charge in [0.25, 0.3) is 0 Å². The van der Waals surface area contributed by atoms with Crippen molar-refractivity contribution in [1.82, 2.24) is 15.5 Å². The molecule has 0 fully saturated rings. The molecular weight excluding hydrogens is 426 g/mol. The van der Waals surface area contributed by atoms with E-state index in [2.05, 4.69) is 22.5 Å². The van der Waals surface area contributed by atoms with Gasteiger partial charge in [-0.3, -0.25) is 9.69 Å². The molecule has 7 heteroatoms. The molecule has 0 spiro atoms. The molecule has 2 N–H and O–H groups in total. The predicted octanol–water partition coefficient (Wildman–Crippen LogP) is 4.85. The minimum atomic E-state index is -0.198. The lowest BCUT2D eigenvalue weighted by Gasteiger charge is -2.29. The van der Waals surface area contributed by atoms with Gasteiger partial charge in [-0.25, -0.2) is 4.79 Å². The second kappa shape index (κ2) is 13.8. The molecule has 0 aliphatic rings. The van der Waals surface area contributed by atoms with Gasteiger partial charge >= 0.3 is 12.0 Å². The van der Waals surface area contributed by atoms with Crippen molar-refractivity contribution in [3.8, 4) is 0 Å². The summed E-state index contributed by atoms with van der Waals surface area (Å²) in [5, 5.41) is 6.54. The topological polar surface area (TPSA) is 70.7 Å². The van der Waals surface area contributed by atoms with Gasteiger partial charge in [0.2, 0.25) is 0 Å². The molecule has 0 radical (unpaired) electrons. The van der Waals surface area contributed by atoms with Crippen molar-refractivity contribution in [3.05, 3.63) is 70.2 Å². The van der Waals surface area contributed by atoms with E-state index in [1.165, 1.54) is 7.11 Å². The molecule has 2 amide bonds. The van der Waals surface area contributed by atoms with Crippen LogP contribution in [0.1, 0.15) is 48.9 Å². The molecule has 0 aliphatic carbocycles. The summed E-state index contributed by atoms with van der Waals surface area (Å²) >= 11 is 6.02. The molecule has 0 saturated carbocycles. The third-order valence-electron chi connectivity index (χ3n) is 5.56. The number of nitrogens with one attached hydrogen (secondary N) is 2. The zero-order valence-corrected chi connectivity index (χ0v) is 20.0. The minimum absolute atomic E-state index is 0.166. The average molecular weight is 460 g/mol. The Hall–Kier alpha value is -2.57. The van der Waals surface area contributed by atoms with E-state index in [9.17, 15) is 9.59 Å². The van der Waals surface area contributed by atoms with E-state index in [4.69, 9.17) is 16.3 Å². The summed E-state index contributed by atoms with van der Waals surface area (Å²) in [4.78, 5) is 25.9. The van der Waals surface area contributed by atoms with Crippen LogP contribution >= 0.6 is 11.6 Å². The van der Waals surface area contributed by atoms with E-state index in [0.29, 0.717) is 24.5 Å². The molecule has 2 aromatic carbocycles. The van der Waals surface area contributed by atoms with Gasteiger partial charge in [-0.15, -0.1) is 0 Å². The highest BCUT2D eigenvalue weighted by atomic mass is 35.5. The monoisotopic (exact) mass is 459 g/mol. The number of amides is 2. The number of benzene rings is 2. The minimum Gasteiger partial charge on any atom is -0.469 e. The lowest BCUT2D eigenvalue weighted by atomic mass is 10.1. The van der Waals surface area contributed by atoms with Crippen LogP contribution in [-0.2, 0) is 16.1 Å². The molecule has 2 aromatic rings. The molecule has 0 aromatic heterocycles. The van der Waals surface area contributed by atoms with E-state index in [0.717, 1.165) is 42.6 Å². The quantitative estimate of drug-likeness (QED) is 0.351.